The molecule has 0 aromatic carbocycles. The first-order valence-electron chi connectivity index (χ1n) is 3.79. The molecule has 0 radical (unpaired) electrons. The van der Waals surface area contributed by atoms with Crippen LogP contribution in [0.1, 0.15) is 13.8 Å². The van der Waals surface area contributed by atoms with Crippen LogP contribution in [0.25, 0.3) is 0 Å². The minimum absolute atomic E-state index is 0.239. The molecule has 68 valence electrons. The molecule has 4 nitrogen and oxygen atoms in total. The molecule has 1 fully saturated rings. The van der Waals surface area contributed by atoms with E-state index < -0.39 is 6.04 Å². The van der Waals surface area contributed by atoms with Gasteiger partial charge in [-0.05, 0) is 26.1 Å². The zero-order valence-corrected chi connectivity index (χ0v) is 7.81. The summed E-state index contributed by atoms with van der Waals surface area (Å²) in [7, 11) is 0. The van der Waals surface area contributed by atoms with E-state index in [2.05, 4.69) is 5.32 Å². The van der Waals surface area contributed by atoms with Gasteiger partial charge in [-0.2, -0.15) is 0 Å². The number of esters is 1. The van der Waals surface area contributed by atoms with Gasteiger partial charge in [0.15, 0.2) is 6.04 Å². The summed E-state index contributed by atoms with van der Waals surface area (Å²) in [6.45, 7) is 3.90. The highest BCUT2D eigenvalue weighted by atomic mass is 32.1. The minimum atomic E-state index is -0.447. The van der Waals surface area contributed by atoms with Crippen LogP contribution in [-0.2, 0) is 14.3 Å². The Labute approximate surface area is 76.2 Å². The van der Waals surface area contributed by atoms with Crippen LogP contribution in [0.4, 0.5) is 0 Å². The first kappa shape index (κ1) is 9.25. The van der Waals surface area contributed by atoms with Gasteiger partial charge in [0.25, 0.3) is 5.17 Å². The van der Waals surface area contributed by atoms with Gasteiger partial charge in [0, 0.05) is 0 Å². The Balaban J connectivity index is 2.52. The summed E-state index contributed by atoms with van der Waals surface area (Å²) in [4.78, 5) is 11.2. The lowest BCUT2D eigenvalue weighted by molar-refractivity contribution is -0.146. The predicted octanol–water partition coefficient (Wildman–Crippen LogP) is 0.211. The predicted molar refractivity (Wildman–Crippen MR) is 46.7 cm³/mol. The fourth-order valence-electron chi connectivity index (χ4n) is 0.998. The monoisotopic (exact) mass is 189 g/mol. The molecule has 2 unspecified atom stereocenters. The molecule has 0 saturated carbocycles. The maximum Gasteiger partial charge on any atom is 0.332 e. The molecule has 1 rings (SSSR count). The Hall–Kier alpha value is -0.840. The van der Waals surface area contributed by atoms with Crippen LogP contribution in [0, 0.1) is 0 Å². The number of carbonyl (C=O) groups is 1. The Morgan fingerprint density at radius 2 is 2.50 bits per heavy atom. The maximum absolute atomic E-state index is 11.2. The van der Waals surface area contributed by atoms with E-state index in [1.807, 2.05) is 0 Å². The molecule has 0 aliphatic carbocycles. The summed E-state index contributed by atoms with van der Waals surface area (Å²) in [5, 5.41) is 2.99. The third-order valence-corrected chi connectivity index (χ3v) is 1.79. The summed E-state index contributed by atoms with van der Waals surface area (Å²) < 4.78 is 9.86. The first-order valence-corrected chi connectivity index (χ1v) is 4.19. The number of thiocarbonyl (C=S) groups is 1. The van der Waals surface area contributed by atoms with Crippen molar-refractivity contribution < 1.29 is 14.3 Å². The maximum atomic E-state index is 11.2. The standard InChI is InChI=1S/C7H11NO3S/c1-3-10-6(9)5-4(2)11-7(12)8-5/h4-5H,3H2,1-2H3,(H,8,12). The number of hydrogen-bond acceptors (Lipinski definition) is 4. The number of hydrogen-bond donors (Lipinski definition) is 1. The molecule has 0 aromatic heterocycles. The zero-order valence-electron chi connectivity index (χ0n) is 6.99. The molecule has 0 aromatic rings. The van der Waals surface area contributed by atoms with E-state index in [0.717, 1.165) is 0 Å². The van der Waals surface area contributed by atoms with Gasteiger partial charge >= 0.3 is 5.97 Å². The Kier molecular flexibility index (Phi) is 2.86. The second-order valence-electron chi connectivity index (χ2n) is 2.48. The quantitative estimate of drug-likeness (QED) is 0.497. The lowest BCUT2D eigenvalue weighted by atomic mass is 10.2. The minimum Gasteiger partial charge on any atom is -0.465 e. The third kappa shape index (κ3) is 1.85. The van der Waals surface area contributed by atoms with Crippen LogP contribution >= 0.6 is 12.2 Å². The topological polar surface area (TPSA) is 47.6 Å². The second kappa shape index (κ2) is 3.71. The largest absolute Gasteiger partial charge is 0.465 e. The number of rotatable bonds is 2. The van der Waals surface area contributed by atoms with Crippen LogP contribution in [0.3, 0.4) is 0 Å². The molecule has 1 N–H and O–H groups in total. The lowest BCUT2D eigenvalue weighted by Gasteiger charge is -2.10. The van der Waals surface area contributed by atoms with Gasteiger partial charge in [-0.3, -0.25) is 0 Å². The van der Waals surface area contributed by atoms with Crippen molar-refractivity contribution in [2.75, 3.05) is 6.61 Å². The number of ether oxygens (including phenoxy) is 2. The van der Waals surface area contributed by atoms with Crippen molar-refractivity contribution in [3.8, 4) is 0 Å². The van der Waals surface area contributed by atoms with Crippen LogP contribution in [0.15, 0.2) is 0 Å². The average molecular weight is 189 g/mol. The summed E-state index contributed by atoms with van der Waals surface area (Å²) >= 11 is 4.74. The average Bonchev–Trinajstić information content (AvgIpc) is 2.30. The van der Waals surface area contributed by atoms with Crippen LogP contribution < -0.4 is 5.32 Å². The Morgan fingerprint density at radius 3 is 2.92 bits per heavy atom. The van der Waals surface area contributed by atoms with Crippen LogP contribution in [0.5, 0.6) is 0 Å². The van der Waals surface area contributed by atoms with E-state index in [4.69, 9.17) is 21.7 Å². The normalized spacial score (nSPS) is 27.7. The van der Waals surface area contributed by atoms with Crippen molar-refractivity contribution in [2.24, 2.45) is 0 Å². The molecule has 0 bridgehead atoms. The second-order valence-corrected chi connectivity index (χ2v) is 2.86. The fourth-order valence-corrected chi connectivity index (χ4v) is 1.28. The molecular formula is C7H11NO3S. The van der Waals surface area contributed by atoms with Gasteiger partial charge in [-0.1, -0.05) is 0 Å². The van der Waals surface area contributed by atoms with Crippen LogP contribution in [-0.4, -0.2) is 29.9 Å². The van der Waals surface area contributed by atoms with E-state index >= 15 is 0 Å². The molecule has 1 aliphatic heterocycles. The summed E-state index contributed by atoms with van der Waals surface area (Å²) in [6.07, 6.45) is -0.239. The fraction of sp³-hybridized carbons (Fsp3) is 0.714. The SMILES string of the molecule is CCOC(=O)C1NC(=S)OC1C. The zero-order chi connectivity index (χ0) is 9.14. The van der Waals surface area contributed by atoms with Gasteiger partial charge in [0.1, 0.15) is 6.10 Å². The highest BCUT2D eigenvalue weighted by Gasteiger charge is 2.34. The van der Waals surface area contributed by atoms with Gasteiger partial charge in [0.2, 0.25) is 0 Å². The van der Waals surface area contributed by atoms with Crippen molar-refractivity contribution in [3.63, 3.8) is 0 Å². The molecule has 0 spiro atoms. The smallest absolute Gasteiger partial charge is 0.332 e. The van der Waals surface area contributed by atoms with E-state index in [1.54, 1.807) is 13.8 Å². The number of nitrogens with one attached hydrogen (secondary N) is 1. The van der Waals surface area contributed by atoms with Crippen molar-refractivity contribution in [1.29, 1.82) is 0 Å². The van der Waals surface area contributed by atoms with Crippen LogP contribution in [0.2, 0.25) is 0 Å². The molecule has 1 aliphatic rings. The van der Waals surface area contributed by atoms with Crippen molar-refractivity contribution in [2.45, 2.75) is 26.0 Å². The van der Waals surface area contributed by atoms with Crippen molar-refractivity contribution >= 4 is 23.4 Å². The van der Waals surface area contributed by atoms with Crippen molar-refractivity contribution in [3.05, 3.63) is 0 Å². The molecule has 5 heteroatoms. The number of carbonyl (C=O) groups excluding carboxylic acids is 1. The Bertz CT molecular complexity index is 207. The van der Waals surface area contributed by atoms with E-state index in [1.165, 1.54) is 0 Å². The highest BCUT2D eigenvalue weighted by Crippen LogP contribution is 2.09. The molecule has 2 atom stereocenters. The van der Waals surface area contributed by atoms with E-state index in [0.29, 0.717) is 6.61 Å². The van der Waals surface area contributed by atoms with Crippen molar-refractivity contribution in [1.82, 2.24) is 5.32 Å². The molecule has 12 heavy (non-hydrogen) atoms. The summed E-state index contributed by atoms with van der Waals surface area (Å²) in [5.41, 5.74) is 0. The third-order valence-electron chi connectivity index (χ3n) is 1.58. The van der Waals surface area contributed by atoms with Gasteiger partial charge in [-0.25, -0.2) is 4.79 Å². The van der Waals surface area contributed by atoms with E-state index in [9.17, 15) is 4.79 Å². The van der Waals surface area contributed by atoms with Gasteiger partial charge in [-0.15, -0.1) is 0 Å². The molecule has 1 saturated heterocycles. The summed E-state index contributed by atoms with van der Waals surface area (Å²) in [5.74, 6) is -0.315. The van der Waals surface area contributed by atoms with Gasteiger partial charge in [0.05, 0.1) is 6.61 Å². The lowest BCUT2D eigenvalue weighted by Crippen LogP contribution is -2.39. The van der Waals surface area contributed by atoms with E-state index in [-0.39, 0.29) is 17.2 Å². The molecule has 0 amide bonds. The first-order chi connectivity index (χ1) is 5.65. The highest BCUT2D eigenvalue weighted by molar-refractivity contribution is 7.80. The summed E-state index contributed by atoms with van der Waals surface area (Å²) in [6, 6.07) is -0.447. The molecular weight excluding hydrogens is 178 g/mol. The Morgan fingerprint density at radius 1 is 1.83 bits per heavy atom. The van der Waals surface area contributed by atoms with Gasteiger partial charge < -0.3 is 14.8 Å². The molecule has 1 heterocycles.